The number of hydrogen-bond donors (Lipinski definition) is 1. The Labute approximate surface area is 110 Å². The molecule has 0 aliphatic heterocycles. The number of carboxylic acid groups (broad SMARTS) is 1. The fourth-order valence-electron chi connectivity index (χ4n) is 0.812. The lowest BCUT2D eigenvalue weighted by molar-refractivity contribution is -0.137. The summed E-state index contributed by atoms with van der Waals surface area (Å²) in [6, 6.07) is 0. The highest BCUT2D eigenvalue weighted by atomic mass is 16.5. The van der Waals surface area contributed by atoms with Gasteiger partial charge in [-0.1, -0.05) is 46.4 Å². The van der Waals surface area contributed by atoms with Crippen molar-refractivity contribution in [3.8, 4) is 0 Å². The molecular formula is C14H24O4. The summed E-state index contributed by atoms with van der Waals surface area (Å²) in [5.74, 6) is -1.73. The molecule has 4 heteroatoms. The van der Waals surface area contributed by atoms with Gasteiger partial charge in [0, 0.05) is 6.92 Å². The van der Waals surface area contributed by atoms with Crippen molar-refractivity contribution in [1.29, 1.82) is 0 Å². The molecule has 0 aliphatic rings. The molecule has 1 N–H and O–H groups in total. The van der Waals surface area contributed by atoms with Gasteiger partial charge >= 0.3 is 11.9 Å². The number of esters is 1. The highest BCUT2D eigenvalue weighted by Crippen LogP contribution is 2.12. The average molecular weight is 256 g/mol. The normalized spacial score (nSPS) is 10.1. The van der Waals surface area contributed by atoms with Gasteiger partial charge in [0.1, 0.15) is 5.76 Å². The van der Waals surface area contributed by atoms with Gasteiger partial charge < -0.3 is 9.84 Å². The summed E-state index contributed by atoms with van der Waals surface area (Å²) < 4.78 is 4.71. The Bertz CT molecular complexity index is 312. The van der Waals surface area contributed by atoms with E-state index in [0.29, 0.717) is 0 Å². The van der Waals surface area contributed by atoms with Crippen LogP contribution in [0.3, 0.4) is 0 Å². The van der Waals surface area contributed by atoms with Gasteiger partial charge in [-0.15, -0.1) is 0 Å². The fourth-order valence-corrected chi connectivity index (χ4v) is 0.812. The molecule has 0 fully saturated rings. The summed E-state index contributed by atoms with van der Waals surface area (Å²) in [5, 5.41) is 8.75. The number of ether oxygens (including phenoxy) is 1. The number of carbonyl (C=O) groups is 2. The SMILES string of the molecule is C=C/C=C(OC(C)=O)\C(=C/C)C(=O)O.CC.CC. The summed E-state index contributed by atoms with van der Waals surface area (Å²) in [6.45, 7) is 14.1. The van der Waals surface area contributed by atoms with E-state index >= 15 is 0 Å². The number of carbonyl (C=O) groups excluding carboxylic acids is 1. The Morgan fingerprint density at radius 3 is 1.83 bits per heavy atom. The van der Waals surface area contributed by atoms with Crippen LogP contribution in [0.25, 0.3) is 0 Å². The van der Waals surface area contributed by atoms with Gasteiger partial charge in [-0.3, -0.25) is 4.79 Å². The first-order chi connectivity index (χ1) is 8.52. The number of allylic oxidation sites excluding steroid dienone is 3. The van der Waals surface area contributed by atoms with Crippen molar-refractivity contribution in [1.82, 2.24) is 0 Å². The number of aliphatic carboxylic acids is 1. The van der Waals surface area contributed by atoms with E-state index < -0.39 is 11.9 Å². The van der Waals surface area contributed by atoms with Crippen LogP contribution >= 0.6 is 0 Å². The third kappa shape index (κ3) is 10.7. The van der Waals surface area contributed by atoms with Gasteiger partial charge in [-0.25, -0.2) is 4.79 Å². The molecule has 0 amide bonds. The molecule has 0 saturated carbocycles. The summed E-state index contributed by atoms with van der Waals surface area (Å²) in [7, 11) is 0. The third-order valence-electron chi connectivity index (χ3n) is 1.31. The number of rotatable bonds is 4. The monoisotopic (exact) mass is 256 g/mol. The van der Waals surface area contributed by atoms with Crippen LogP contribution in [-0.4, -0.2) is 17.0 Å². The van der Waals surface area contributed by atoms with Crippen molar-refractivity contribution in [2.24, 2.45) is 0 Å². The largest absolute Gasteiger partial charge is 0.478 e. The van der Waals surface area contributed by atoms with E-state index in [4.69, 9.17) is 9.84 Å². The molecule has 0 aromatic carbocycles. The summed E-state index contributed by atoms with van der Waals surface area (Å²) in [6.07, 6.45) is 4.02. The second kappa shape index (κ2) is 15.2. The molecule has 0 radical (unpaired) electrons. The highest BCUT2D eigenvalue weighted by molar-refractivity contribution is 5.91. The summed E-state index contributed by atoms with van der Waals surface area (Å²) in [5.41, 5.74) is -0.0694. The molecule has 0 aromatic heterocycles. The standard InChI is InChI=1S/C10H12O4.2C2H6/c1-4-6-9(14-7(3)11)8(5-2)10(12)13;2*1-2/h4-6H,1H2,2-3H3,(H,12,13);2*1-2H3/b8-5+,9-6+;;. The maximum Gasteiger partial charge on any atom is 0.339 e. The molecule has 0 bridgehead atoms. The van der Waals surface area contributed by atoms with Crippen molar-refractivity contribution in [2.75, 3.05) is 0 Å². The second-order valence-electron chi connectivity index (χ2n) is 2.37. The van der Waals surface area contributed by atoms with E-state index in [1.807, 2.05) is 27.7 Å². The lowest BCUT2D eigenvalue weighted by Gasteiger charge is -2.06. The zero-order valence-corrected chi connectivity index (χ0v) is 12.1. The van der Waals surface area contributed by atoms with Gasteiger partial charge in [0.2, 0.25) is 0 Å². The van der Waals surface area contributed by atoms with Crippen LogP contribution < -0.4 is 0 Å². The smallest absolute Gasteiger partial charge is 0.339 e. The first-order valence-corrected chi connectivity index (χ1v) is 5.94. The van der Waals surface area contributed by atoms with Crippen LogP contribution in [0.1, 0.15) is 41.5 Å². The van der Waals surface area contributed by atoms with Gasteiger partial charge in [0.25, 0.3) is 0 Å². The average Bonchev–Trinajstić information content (AvgIpc) is 2.34. The van der Waals surface area contributed by atoms with Gasteiger partial charge in [0.05, 0.1) is 5.57 Å². The first-order valence-electron chi connectivity index (χ1n) is 5.94. The number of hydrogen-bond acceptors (Lipinski definition) is 3. The maximum atomic E-state index is 10.7. The van der Waals surface area contributed by atoms with Gasteiger partial charge in [-0.2, -0.15) is 0 Å². The minimum absolute atomic E-state index is 0.0116. The van der Waals surface area contributed by atoms with E-state index in [1.54, 1.807) is 6.92 Å². The highest BCUT2D eigenvalue weighted by Gasteiger charge is 2.14. The Balaban J connectivity index is -0.000000506. The van der Waals surface area contributed by atoms with Crippen molar-refractivity contribution in [3.63, 3.8) is 0 Å². The molecule has 0 saturated heterocycles. The third-order valence-corrected chi connectivity index (χ3v) is 1.31. The van der Waals surface area contributed by atoms with E-state index in [2.05, 4.69) is 6.58 Å². The minimum atomic E-state index is -1.15. The molecule has 0 atom stereocenters. The predicted octanol–water partition coefficient (Wildman–Crippen LogP) is 3.70. The van der Waals surface area contributed by atoms with Crippen LogP contribution in [0.4, 0.5) is 0 Å². The van der Waals surface area contributed by atoms with Crippen molar-refractivity contribution >= 4 is 11.9 Å². The summed E-state index contributed by atoms with van der Waals surface area (Å²) in [4.78, 5) is 21.3. The van der Waals surface area contributed by atoms with Crippen LogP contribution in [0, 0.1) is 0 Å². The molecule has 4 nitrogen and oxygen atoms in total. The molecule has 0 unspecified atom stereocenters. The van der Waals surface area contributed by atoms with E-state index in [-0.39, 0.29) is 11.3 Å². The lowest BCUT2D eigenvalue weighted by atomic mass is 10.2. The van der Waals surface area contributed by atoms with Crippen molar-refractivity contribution < 1.29 is 19.4 Å². The van der Waals surface area contributed by atoms with Crippen LogP contribution in [0.2, 0.25) is 0 Å². The molecule has 0 heterocycles. The maximum absolute atomic E-state index is 10.7. The molecular weight excluding hydrogens is 232 g/mol. The fraction of sp³-hybridized carbons (Fsp3) is 0.429. The second-order valence-corrected chi connectivity index (χ2v) is 2.37. The van der Waals surface area contributed by atoms with Crippen LogP contribution in [0.15, 0.2) is 36.1 Å². The molecule has 0 aromatic rings. The van der Waals surface area contributed by atoms with Crippen LogP contribution in [0.5, 0.6) is 0 Å². The van der Waals surface area contributed by atoms with Crippen LogP contribution in [-0.2, 0) is 14.3 Å². The number of carboxylic acids is 1. The molecule has 0 aliphatic carbocycles. The predicted molar refractivity (Wildman–Crippen MR) is 74.1 cm³/mol. The van der Waals surface area contributed by atoms with E-state index in [9.17, 15) is 9.59 Å². The van der Waals surface area contributed by atoms with Gasteiger partial charge in [-0.05, 0) is 13.0 Å². The molecule has 104 valence electrons. The Morgan fingerprint density at radius 2 is 1.61 bits per heavy atom. The minimum Gasteiger partial charge on any atom is -0.478 e. The Kier molecular flexibility index (Phi) is 18.1. The lowest BCUT2D eigenvalue weighted by Crippen LogP contribution is -2.08. The molecule has 18 heavy (non-hydrogen) atoms. The molecule has 0 spiro atoms. The van der Waals surface area contributed by atoms with E-state index in [1.165, 1.54) is 25.2 Å². The zero-order valence-electron chi connectivity index (χ0n) is 12.1. The Hall–Kier alpha value is -1.84. The Morgan fingerprint density at radius 1 is 1.17 bits per heavy atom. The van der Waals surface area contributed by atoms with Gasteiger partial charge in [0.15, 0.2) is 0 Å². The topological polar surface area (TPSA) is 63.6 Å². The quantitative estimate of drug-likeness (QED) is 0.360. The van der Waals surface area contributed by atoms with E-state index in [0.717, 1.165) is 0 Å². The summed E-state index contributed by atoms with van der Waals surface area (Å²) >= 11 is 0. The molecule has 0 rings (SSSR count). The van der Waals surface area contributed by atoms with Crippen molar-refractivity contribution in [2.45, 2.75) is 41.5 Å². The van der Waals surface area contributed by atoms with Crippen molar-refractivity contribution in [3.05, 3.63) is 36.1 Å². The zero-order chi connectivity index (χ0) is 15.1. The first kappa shape index (κ1) is 21.4.